The summed E-state index contributed by atoms with van der Waals surface area (Å²) in [4.78, 5) is 4.64. The lowest BCUT2D eigenvalue weighted by Gasteiger charge is -2.01. The topological polar surface area (TPSA) is 63.7 Å². The highest BCUT2D eigenvalue weighted by Gasteiger charge is 2.00. The molecule has 0 aromatic carbocycles. The molecule has 0 bridgehead atoms. The van der Waals surface area contributed by atoms with Crippen molar-refractivity contribution in [2.45, 2.75) is 0 Å². The Morgan fingerprint density at radius 2 is 2.09 bits per heavy atom. The molecule has 0 radical (unpaired) electrons. The predicted molar refractivity (Wildman–Crippen MR) is 37.9 cm³/mol. The number of hydrogen-bond donors (Lipinski definition) is 0. The average Bonchev–Trinajstić information content (AvgIpc) is 2.09. The lowest BCUT2D eigenvalue weighted by Crippen LogP contribution is -2.06. The van der Waals surface area contributed by atoms with Gasteiger partial charge in [0.15, 0.2) is 12.4 Å². The Balaban J connectivity index is 2.96. The first kappa shape index (κ1) is 7.04. The first-order chi connectivity index (χ1) is 5.38. The van der Waals surface area contributed by atoms with Gasteiger partial charge >= 0.3 is 0 Å². The van der Waals surface area contributed by atoms with Gasteiger partial charge in [-0.15, -0.1) is 0 Å². The van der Waals surface area contributed by atoms with Crippen molar-refractivity contribution in [3.05, 3.63) is 24.5 Å². The SMILES string of the molecule is N#CN(C#N)c1cccnc1. The van der Waals surface area contributed by atoms with Crippen molar-refractivity contribution in [3.8, 4) is 12.4 Å². The zero-order chi connectivity index (χ0) is 8.10. The lowest BCUT2D eigenvalue weighted by atomic mass is 10.4. The van der Waals surface area contributed by atoms with Gasteiger partial charge in [0.1, 0.15) is 0 Å². The van der Waals surface area contributed by atoms with Crippen LogP contribution in [-0.2, 0) is 0 Å². The minimum atomic E-state index is 0.484. The smallest absolute Gasteiger partial charge is 0.198 e. The van der Waals surface area contributed by atoms with E-state index < -0.39 is 0 Å². The first-order valence-electron chi connectivity index (χ1n) is 2.88. The van der Waals surface area contributed by atoms with Crippen LogP contribution in [0, 0.1) is 22.9 Å². The van der Waals surface area contributed by atoms with Crippen LogP contribution < -0.4 is 4.90 Å². The zero-order valence-corrected chi connectivity index (χ0v) is 5.60. The molecule has 1 aromatic heterocycles. The number of anilines is 1. The molecule has 0 spiro atoms. The van der Waals surface area contributed by atoms with Gasteiger partial charge in [0.05, 0.1) is 11.9 Å². The molecule has 1 heterocycles. The molecule has 0 aliphatic carbocycles. The second-order valence-corrected chi connectivity index (χ2v) is 1.75. The Hall–Kier alpha value is -2.07. The normalized spacial score (nSPS) is 7.82. The summed E-state index contributed by atoms with van der Waals surface area (Å²) in [5.74, 6) is 0. The van der Waals surface area contributed by atoms with Crippen molar-refractivity contribution >= 4 is 5.69 Å². The quantitative estimate of drug-likeness (QED) is 0.433. The van der Waals surface area contributed by atoms with E-state index in [0.29, 0.717) is 5.69 Å². The summed E-state index contributed by atoms with van der Waals surface area (Å²) < 4.78 is 0. The Labute approximate surface area is 63.9 Å². The summed E-state index contributed by atoms with van der Waals surface area (Å²) in [5, 5.41) is 16.8. The molecule has 0 aliphatic rings. The molecule has 1 rings (SSSR count). The number of hydrogen-bond acceptors (Lipinski definition) is 4. The monoisotopic (exact) mass is 144 g/mol. The summed E-state index contributed by atoms with van der Waals surface area (Å²) in [7, 11) is 0. The van der Waals surface area contributed by atoms with Gasteiger partial charge in [-0.2, -0.15) is 15.4 Å². The van der Waals surface area contributed by atoms with Crippen LogP contribution >= 0.6 is 0 Å². The molecule has 52 valence electrons. The maximum absolute atomic E-state index is 8.41. The first-order valence-corrected chi connectivity index (χ1v) is 2.88. The third kappa shape index (κ3) is 1.44. The molecule has 0 atom stereocenters. The van der Waals surface area contributed by atoms with Gasteiger partial charge in [-0.25, -0.2) is 0 Å². The number of nitrogens with zero attached hydrogens (tertiary/aromatic N) is 4. The van der Waals surface area contributed by atoms with Crippen molar-refractivity contribution in [1.82, 2.24) is 4.98 Å². The highest BCUT2D eigenvalue weighted by Crippen LogP contribution is 2.07. The van der Waals surface area contributed by atoms with Crippen molar-refractivity contribution in [3.63, 3.8) is 0 Å². The van der Waals surface area contributed by atoms with Gasteiger partial charge in [-0.05, 0) is 12.1 Å². The van der Waals surface area contributed by atoms with Crippen LogP contribution in [0.15, 0.2) is 24.5 Å². The van der Waals surface area contributed by atoms with Crippen molar-refractivity contribution in [2.75, 3.05) is 4.90 Å². The van der Waals surface area contributed by atoms with Crippen LogP contribution in [0.25, 0.3) is 0 Å². The second-order valence-electron chi connectivity index (χ2n) is 1.75. The number of aromatic nitrogens is 1. The van der Waals surface area contributed by atoms with Crippen LogP contribution in [0.3, 0.4) is 0 Å². The molecule has 11 heavy (non-hydrogen) atoms. The Bertz CT molecular complexity index is 291. The molecule has 0 unspecified atom stereocenters. The van der Waals surface area contributed by atoms with E-state index in [9.17, 15) is 0 Å². The van der Waals surface area contributed by atoms with Crippen molar-refractivity contribution in [2.24, 2.45) is 0 Å². The summed E-state index contributed by atoms with van der Waals surface area (Å²) in [5.41, 5.74) is 0.484. The predicted octanol–water partition coefficient (Wildman–Crippen LogP) is 0.850. The highest BCUT2D eigenvalue weighted by molar-refractivity contribution is 5.52. The van der Waals surface area contributed by atoms with Gasteiger partial charge in [-0.1, -0.05) is 0 Å². The standard InChI is InChI=1S/C7H4N4/c8-5-11(6-9)7-2-1-3-10-4-7/h1-4H. The van der Waals surface area contributed by atoms with Gasteiger partial charge in [0.2, 0.25) is 0 Å². The van der Waals surface area contributed by atoms with Gasteiger partial charge in [0, 0.05) is 6.20 Å². The molecular formula is C7H4N4. The van der Waals surface area contributed by atoms with E-state index in [1.807, 2.05) is 0 Å². The van der Waals surface area contributed by atoms with Crippen LogP contribution in [0.2, 0.25) is 0 Å². The van der Waals surface area contributed by atoms with Crippen LogP contribution in [0.1, 0.15) is 0 Å². The fourth-order valence-corrected chi connectivity index (χ4v) is 0.624. The third-order valence-corrected chi connectivity index (χ3v) is 1.10. The molecule has 0 fully saturated rings. The molecule has 0 saturated carbocycles. The number of nitriles is 2. The Morgan fingerprint density at radius 1 is 1.36 bits per heavy atom. The summed E-state index contributed by atoms with van der Waals surface area (Å²) in [6.45, 7) is 0. The lowest BCUT2D eigenvalue weighted by molar-refractivity contribution is 1.22. The number of rotatable bonds is 1. The maximum Gasteiger partial charge on any atom is 0.198 e. The summed E-state index contributed by atoms with van der Waals surface area (Å²) in [6.07, 6.45) is 6.43. The van der Waals surface area contributed by atoms with E-state index in [-0.39, 0.29) is 0 Å². The minimum Gasteiger partial charge on any atom is -0.262 e. The van der Waals surface area contributed by atoms with Crippen LogP contribution in [-0.4, -0.2) is 4.98 Å². The van der Waals surface area contributed by atoms with Crippen LogP contribution in [0.5, 0.6) is 0 Å². The van der Waals surface area contributed by atoms with Crippen molar-refractivity contribution in [1.29, 1.82) is 10.5 Å². The molecule has 4 nitrogen and oxygen atoms in total. The van der Waals surface area contributed by atoms with E-state index in [0.717, 1.165) is 4.90 Å². The highest BCUT2D eigenvalue weighted by atomic mass is 15.1. The molecule has 0 N–H and O–H groups in total. The van der Waals surface area contributed by atoms with E-state index in [4.69, 9.17) is 10.5 Å². The van der Waals surface area contributed by atoms with Crippen molar-refractivity contribution < 1.29 is 0 Å². The summed E-state index contributed by atoms with van der Waals surface area (Å²) >= 11 is 0. The molecular weight excluding hydrogens is 140 g/mol. The number of pyridine rings is 1. The van der Waals surface area contributed by atoms with Gasteiger partial charge < -0.3 is 0 Å². The van der Waals surface area contributed by atoms with E-state index in [1.165, 1.54) is 6.20 Å². The molecule has 4 heteroatoms. The molecule has 1 aromatic rings. The maximum atomic E-state index is 8.41. The molecule has 0 aliphatic heterocycles. The van der Waals surface area contributed by atoms with E-state index >= 15 is 0 Å². The fourth-order valence-electron chi connectivity index (χ4n) is 0.624. The largest absolute Gasteiger partial charge is 0.262 e. The van der Waals surface area contributed by atoms with Gasteiger partial charge in [-0.3, -0.25) is 4.98 Å². The van der Waals surface area contributed by atoms with Crippen LogP contribution in [0.4, 0.5) is 5.69 Å². The van der Waals surface area contributed by atoms with Gasteiger partial charge in [0.25, 0.3) is 0 Å². The molecule has 0 saturated heterocycles. The zero-order valence-electron chi connectivity index (χ0n) is 5.60. The summed E-state index contributed by atoms with van der Waals surface area (Å²) in [6, 6.07) is 3.30. The average molecular weight is 144 g/mol. The third-order valence-electron chi connectivity index (χ3n) is 1.10. The van der Waals surface area contributed by atoms with E-state index in [1.54, 1.807) is 30.7 Å². The fraction of sp³-hybridized carbons (Fsp3) is 0. The van der Waals surface area contributed by atoms with E-state index in [2.05, 4.69) is 4.98 Å². The second kappa shape index (κ2) is 3.19. The molecule has 0 amide bonds. The minimum absolute atomic E-state index is 0.484. The Morgan fingerprint density at radius 3 is 2.55 bits per heavy atom. The Kier molecular flexibility index (Phi) is 2.04.